The maximum atomic E-state index is 2.48. The molecule has 0 heterocycles. The Morgan fingerprint density at radius 3 is 1.29 bits per heavy atom. The van der Waals surface area contributed by atoms with Crippen LogP contribution in [0.3, 0.4) is 0 Å². The highest BCUT2D eigenvalue weighted by atomic mass is 15.1. The van der Waals surface area contributed by atoms with Gasteiger partial charge in [-0.25, -0.2) is 0 Å². The zero-order valence-electron chi connectivity index (χ0n) is 46.3. The summed E-state index contributed by atoms with van der Waals surface area (Å²) in [6, 6.07) is 114. The summed E-state index contributed by atoms with van der Waals surface area (Å²) in [5.74, 6) is 0. The van der Waals surface area contributed by atoms with Crippen molar-refractivity contribution in [2.24, 2.45) is 0 Å². The highest BCUT2D eigenvalue weighted by molar-refractivity contribution is 6.26. The standard InChI is InChI=1S/C82H56N2/c1-5-18-55(19-6-1)64-26-16-32-69(51-64)83(67-28-9-3-10-29-67)71-45-49-76-77(53-71)80(61-37-35-58(36-38-61)73-46-42-62-40-39-59-24-15-25-60-43-47-74(73)82(62)79(59)60)75-48-44-72(54-78(75)81(76)66-41-34-57-22-13-14-23-63(57)50-66)84(68-30-11-4-12-31-68)70-33-17-27-65(52-70)56-20-7-2-8-21-56/h1-33,35-40,42-54H,34,41H2. The van der Waals surface area contributed by atoms with E-state index in [2.05, 4.69) is 325 Å². The molecule has 0 unspecified atom stereocenters. The first kappa shape index (κ1) is 49.1. The van der Waals surface area contributed by atoms with Crippen LogP contribution in [0.4, 0.5) is 34.1 Å². The van der Waals surface area contributed by atoms with Crippen LogP contribution in [0.5, 0.6) is 0 Å². The van der Waals surface area contributed by atoms with Crippen LogP contribution in [0.25, 0.3) is 110 Å². The molecular weight excluding hydrogens is 1010 g/mol. The molecule has 0 saturated heterocycles. The van der Waals surface area contributed by atoms with Gasteiger partial charge in [0.15, 0.2) is 0 Å². The van der Waals surface area contributed by atoms with Gasteiger partial charge in [-0.3, -0.25) is 0 Å². The van der Waals surface area contributed by atoms with E-state index >= 15 is 0 Å². The molecule has 0 radical (unpaired) electrons. The van der Waals surface area contributed by atoms with Crippen molar-refractivity contribution in [1.29, 1.82) is 0 Å². The van der Waals surface area contributed by atoms with E-state index in [9.17, 15) is 0 Å². The number of hydrogen-bond donors (Lipinski definition) is 0. The summed E-state index contributed by atoms with van der Waals surface area (Å²) in [6.45, 7) is 0. The van der Waals surface area contributed by atoms with Crippen molar-refractivity contribution >= 4 is 99.6 Å². The molecule has 84 heavy (non-hydrogen) atoms. The smallest absolute Gasteiger partial charge is 0.0468 e. The Morgan fingerprint density at radius 2 is 0.679 bits per heavy atom. The highest BCUT2D eigenvalue weighted by Gasteiger charge is 2.25. The number of aryl methyl sites for hydroxylation is 1. The second-order valence-corrected chi connectivity index (χ2v) is 22.3. The summed E-state index contributed by atoms with van der Waals surface area (Å²) in [5, 5.41) is 12.6. The van der Waals surface area contributed by atoms with Gasteiger partial charge in [-0.05, 0) is 206 Å². The van der Waals surface area contributed by atoms with Gasteiger partial charge in [-0.1, -0.05) is 243 Å². The molecule has 0 aliphatic heterocycles. The average Bonchev–Trinajstić information content (AvgIpc) is 2.03. The molecule has 1 aliphatic rings. The van der Waals surface area contributed by atoms with Gasteiger partial charge < -0.3 is 9.80 Å². The number of nitrogens with zero attached hydrogens (tertiary/aromatic N) is 2. The van der Waals surface area contributed by atoms with Crippen LogP contribution in [-0.4, -0.2) is 0 Å². The fourth-order valence-corrected chi connectivity index (χ4v) is 13.5. The van der Waals surface area contributed by atoms with Crippen molar-refractivity contribution in [2.45, 2.75) is 12.8 Å². The minimum Gasteiger partial charge on any atom is -0.310 e. The molecule has 2 heteroatoms. The van der Waals surface area contributed by atoms with Crippen LogP contribution in [0.15, 0.2) is 309 Å². The predicted octanol–water partition coefficient (Wildman–Crippen LogP) is 23.0. The summed E-state index contributed by atoms with van der Waals surface area (Å²) in [4.78, 5) is 4.86. The molecule has 0 bridgehead atoms. The quantitative estimate of drug-likeness (QED) is 0.0941. The van der Waals surface area contributed by atoms with E-state index in [4.69, 9.17) is 0 Å². The SMILES string of the molecule is C1=C(c2c3cc(N(c4ccccc4)c4cccc(-c5ccccc5)c4)ccc3c(-c3ccc(-c4ccc5ccc6cccc7ccc4c5c67)cc3)c3cc(N(c4ccccc4)c4cccc(-c5ccccc5)c4)ccc23)CCc2ccccc21. The second-order valence-electron chi connectivity index (χ2n) is 22.3. The van der Waals surface area contributed by atoms with Crippen molar-refractivity contribution in [2.75, 3.05) is 9.80 Å². The lowest BCUT2D eigenvalue weighted by atomic mass is 9.81. The topological polar surface area (TPSA) is 6.48 Å². The maximum Gasteiger partial charge on any atom is 0.0468 e. The molecule has 0 fully saturated rings. The number of benzene rings is 15. The van der Waals surface area contributed by atoms with Crippen LogP contribution >= 0.6 is 0 Å². The third-order valence-corrected chi connectivity index (χ3v) is 17.4. The van der Waals surface area contributed by atoms with Crippen LogP contribution in [0, 0.1) is 0 Å². The van der Waals surface area contributed by atoms with Crippen molar-refractivity contribution in [1.82, 2.24) is 0 Å². The Balaban J connectivity index is 0.960. The Morgan fingerprint density at radius 1 is 0.238 bits per heavy atom. The van der Waals surface area contributed by atoms with Crippen LogP contribution in [0.2, 0.25) is 0 Å². The van der Waals surface area contributed by atoms with Crippen molar-refractivity contribution in [3.05, 3.63) is 326 Å². The second kappa shape index (κ2) is 20.6. The van der Waals surface area contributed by atoms with Gasteiger partial charge in [0.05, 0.1) is 0 Å². The zero-order chi connectivity index (χ0) is 55.5. The Bertz CT molecular complexity index is 4970. The molecule has 2 nitrogen and oxygen atoms in total. The molecule has 1 aliphatic carbocycles. The molecule has 0 amide bonds. The van der Waals surface area contributed by atoms with Crippen molar-refractivity contribution < 1.29 is 0 Å². The van der Waals surface area contributed by atoms with Gasteiger partial charge in [0.25, 0.3) is 0 Å². The predicted molar refractivity (Wildman–Crippen MR) is 359 cm³/mol. The number of allylic oxidation sites excluding steroid dienone is 1. The van der Waals surface area contributed by atoms with Gasteiger partial charge >= 0.3 is 0 Å². The van der Waals surface area contributed by atoms with E-state index in [-0.39, 0.29) is 0 Å². The number of anilines is 6. The molecule has 394 valence electrons. The zero-order valence-corrected chi connectivity index (χ0v) is 46.3. The average molecular weight is 1070 g/mol. The summed E-state index contributed by atoms with van der Waals surface area (Å²) in [5.41, 5.74) is 21.4. The lowest BCUT2D eigenvalue weighted by Crippen LogP contribution is -2.11. The normalized spacial score (nSPS) is 12.3. The molecule has 0 saturated carbocycles. The highest BCUT2D eigenvalue weighted by Crippen LogP contribution is 2.50. The van der Waals surface area contributed by atoms with Gasteiger partial charge in [-0.2, -0.15) is 0 Å². The minimum absolute atomic E-state index is 0.921. The maximum absolute atomic E-state index is 2.48. The number of para-hydroxylation sites is 2. The summed E-state index contributed by atoms with van der Waals surface area (Å²) < 4.78 is 0. The molecule has 0 atom stereocenters. The van der Waals surface area contributed by atoms with Crippen LogP contribution < -0.4 is 9.80 Å². The summed E-state index contributed by atoms with van der Waals surface area (Å²) in [7, 11) is 0. The molecule has 16 rings (SSSR count). The third kappa shape index (κ3) is 8.58. The van der Waals surface area contributed by atoms with Gasteiger partial charge in [0.1, 0.15) is 0 Å². The number of hydrogen-bond acceptors (Lipinski definition) is 2. The Hall–Kier alpha value is -10.8. The summed E-state index contributed by atoms with van der Waals surface area (Å²) >= 11 is 0. The molecule has 0 N–H and O–H groups in total. The Kier molecular flexibility index (Phi) is 12.0. The summed E-state index contributed by atoms with van der Waals surface area (Å²) in [6.07, 6.45) is 4.36. The molecule has 0 aromatic heterocycles. The fourth-order valence-electron chi connectivity index (χ4n) is 13.5. The molecule has 15 aromatic rings. The third-order valence-electron chi connectivity index (χ3n) is 17.4. The number of rotatable bonds is 11. The van der Waals surface area contributed by atoms with Crippen molar-refractivity contribution in [3.63, 3.8) is 0 Å². The Labute approximate surface area is 490 Å². The monoisotopic (exact) mass is 1070 g/mol. The van der Waals surface area contributed by atoms with E-state index in [0.717, 1.165) is 47.0 Å². The lowest BCUT2D eigenvalue weighted by molar-refractivity contribution is 1.00. The van der Waals surface area contributed by atoms with Gasteiger partial charge in [-0.15, -0.1) is 0 Å². The van der Waals surface area contributed by atoms with E-state index in [1.165, 1.54) is 121 Å². The van der Waals surface area contributed by atoms with E-state index in [0.29, 0.717) is 0 Å². The molecule has 15 aromatic carbocycles. The van der Waals surface area contributed by atoms with E-state index < -0.39 is 0 Å². The number of fused-ring (bicyclic) bond motifs is 3. The van der Waals surface area contributed by atoms with Gasteiger partial charge in [0.2, 0.25) is 0 Å². The van der Waals surface area contributed by atoms with E-state index in [1.54, 1.807) is 0 Å². The first-order valence-electron chi connectivity index (χ1n) is 29.3. The molecular formula is C82H56N2. The lowest BCUT2D eigenvalue weighted by Gasteiger charge is -2.29. The van der Waals surface area contributed by atoms with Crippen LogP contribution in [0.1, 0.15) is 23.1 Å². The first-order valence-corrected chi connectivity index (χ1v) is 29.3. The van der Waals surface area contributed by atoms with Crippen LogP contribution in [-0.2, 0) is 6.42 Å². The molecule has 0 spiro atoms. The first-order chi connectivity index (χ1) is 41.6. The fraction of sp³-hybridized carbons (Fsp3) is 0.0244. The van der Waals surface area contributed by atoms with Gasteiger partial charge in [0, 0.05) is 34.1 Å². The van der Waals surface area contributed by atoms with E-state index in [1.807, 2.05) is 0 Å². The van der Waals surface area contributed by atoms with Crippen molar-refractivity contribution in [3.8, 4) is 44.5 Å². The largest absolute Gasteiger partial charge is 0.310 e. The minimum atomic E-state index is 0.921.